The quantitative estimate of drug-likeness (QED) is 0.423. The van der Waals surface area contributed by atoms with Crippen LogP contribution in [0.4, 0.5) is 23.7 Å². The fourth-order valence-corrected chi connectivity index (χ4v) is 4.10. The van der Waals surface area contributed by atoms with Gasteiger partial charge in [-0.05, 0) is 61.7 Å². The van der Waals surface area contributed by atoms with Gasteiger partial charge in [-0.1, -0.05) is 12.1 Å². The molecular weight excluding hydrogens is 487 g/mol. The van der Waals surface area contributed by atoms with Crippen LogP contribution in [0.3, 0.4) is 0 Å². The molecule has 0 aliphatic carbocycles. The zero-order chi connectivity index (χ0) is 26.4. The van der Waals surface area contributed by atoms with E-state index in [0.717, 1.165) is 18.6 Å². The average molecular weight is 516 g/mol. The first kappa shape index (κ1) is 26.3. The Bertz CT molecular complexity index is 1230. The number of hydrogen-bond donors (Lipinski definition) is 1. The van der Waals surface area contributed by atoms with Crippen molar-refractivity contribution in [3.63, 3.8) is 0 Å². The minimum atomic E-state index is -0.928. The molecule has 0 saturated carbocycles. The molecule has 3 aromatic rings. The van der Waals surface area contributed by atoms with Crippen LogP contribution in [0.25, 0.3) is 0 Å². The molecule has 37 heavy (non-hydrogen) atoms. The summed E-state index contributed by atoms with van der Waals surface area (Å²) in [5.41, 5.74) is 0.493. The fraction of sp³-hybridized carbons (Fsp3) is 0.333. The normalized spacial score (nSPS) is 15.0. The highest BCUT2D eigenvalue weighted by molar-refractivity contribution is 5.92. The van der Waals surface area contributed by atoms with E-state index in [1.165, 1.54) is 21.9 Å². The van der Waals surface area contributed by atoms with Gasteiger partial charge in [-0.2, -0.15) is 0 Å². The molecule has 0 radical (unpaired) electrons. The maximum atomic E-state index is 14.2. The van der Waals surface area contributed by atoms with E-state index in [2.05, 4.69) is 5.32 Å². The average Bonchev–Trinajstić information content (AvgIpc) is 3.52. The molecule has 0 bridgehead atoms. The number of amides is 3. The Morgan fingerprint density at radius 1 is 0.973 bits per heavy atom. The Morgan fingerprint density at radius 3 is 2.38 bits per heavy atom. The Morgan fingerprint density at radius 2 is 1.73 bits per heavy atom. The number of rotatable bonds is 9. The van der Waals surface area contributed by atoms with Gasteiger partial charge in [0.15, 0.2) is 0 Å². The molecule has 1 fully saturated rings. The summed E-state index contributed by atoms with van der Waals surface area (Å²) in [5.74, 6) is -1.25. The van der Waals surface area contributed by atoms with Crippen molar-refractivity contribution in [2.24, 2.45) is 0 Å². The molecule has 1 aliphatic heterocycles. The number of hydrogen-bond acceptors (Lipinski definition) is 4. The molecule has 1 atom stereocenters. The van der Waals surface area contributed by atoms with E-state index in [9.17, 15) is 22.8 Å². The highest BCUT2D eigenvalue weighted by Gasteiger charge is 2.27. The van der Waals surface area contributed by atoms with Crippen LogP contribution in [0, 0.1) is 24.4 Å². The Hall–Kier alpha value is -3.79. The number of halogens is 3. The van der Waals surface area contributed by atoms with Gasteiger partial charge in [0.2, 0.25) is 5.91 Å². The summed E-state index contributed by atoms with van der Waals surface area (Å²) in [7, 11) is 0. The lowest BCUT2D eigenvalue weighted by Gasteiger charge is -2.29. The number of furan rings is 1. The largest absolute Gasteiger partial charge is 0.464 e. The van der Waals surface area contributed by atoms with Crippen LogP contribution in [0.2, 0.25) is 0 Å². The van der Waals surface area contributed by atoms with E-state index in [1.54, 1.807) is 31.2 Å². The number of aryl methyl sites for hydroxylation is 1. The number of ether oxygens (including phenoxy) is 1. The van der Waals surface area contributed by atoms with E-state index in [0.29, 0.717) is 36.2 Å². The zero-order valence-electron chi connectivity index (χ0n) is 20.4. The summed E-state index contributed by atoms with van der Waals surface area (Å²) in [6, 6.07) is 11.4. The summed E-state index contributed by atoms with van der Waals surface area (Å²) in [6.07, 6.45) is 1.28. The molecule has 4 rings (SSSR count). The van der Waals surface area contributed by atoms with Crippen molar-refractivity contribution >= 4 is 17.6 Å². The summed E-state index contributed by atoms with van der Waals surface area (Å²) >= 11 is 0. The molecule has 10 heteroatoms. The van der Waals surface area contributed by atoms with Crippen LogP contribution in [-0.4, -0.2) is 47.5 Å². The van der Waals surface area contributed by atoms with Crippen LogP contribution >= 0.6 is 0 Å². The number of nitrogens with one attached hydrogen (secondary N) is 1. The van der Waals surface area contributed by atoms with Crippen LogP contribution in [-0.2, 0) is 22.6 Å². The van der Waals surface area contributed by atoms with E-state index in [4.69, 9.17) is 9.15 Å². The lowest BCUT2D eigenvalue weighted by atomic mass is 10.2. The van der Waals surface area contributed by atoms with E-state index < -0.39 is 29.4 Å². The van der Waals surface area contributed by atoms with Gasteiger partial charge < -0.3 is 24.3 Å². The monoisotopic (exact) mass is 515 g/mol. The van der Waals surface area contributed by atoms with Gasteiger partial charge in [0.05, 0.1) is 18.3 Å². The van der Waals surface area contributed by atoms with Crippen molar-refractivity contribution in [2.45, 2.75) is 39.0 Å². The van der Waals surface area contributed by atoms with Crippen LogP contribution in [0.1, 0.15) is 29.9 Å². The summed E-state index contributed by atoms with van der Waals surface area (Å²) < 4.78 is 52.2. The van der Waals surface area contributed by atoms with Gasteiger partial charge >= 0.3 is 6.03 Å². The maximum absolute atomic E-state index is 14.2. The lowest BCUT2D eigenvalue weighted by molar-refractivity contribution is -0.133. The second kappa shape index (κ2) is 12.0. The van der Waals surface area contributed by atoms with Crippen LogP contribution in [0.5, 0.6) is 0 Å². The van der Waals surface area contributed by atoms with Gasteiger partial charge in [0.25, 0.3) is 0 Å². The number of urea groups is 1. The maximum Gasteiger partial charge on any atom is 0.322 e. The third-order valence-electron chi connectivity index (χ3n) is 6.02. The predicted molar refractivity (Wildman–Crippen MR) is 130 cm³/mol. The van der Waals surface area contributed by atoms with Crippen molar-refractivity contribution in [3.8, 4) is 0 Å². The predicted octanol–water partition coefficient (Wildman–Crippen LogP) is 5.25. The molecular formula is C27H28F3N3O4. The van der Waals surface area contributed by atoms with Crippen molar-refractivity contribution in [2.75, 3.05) is 25.0 Å². The number of anilines is 1. The second-order valence-electron chi connectivity index (χ2n) is 8.96. The van der Waals surface area contributed by atoms with Crippen LogP contribution in [0.15, 0.2) is 59.0 Å². The van der Waals surface area contributed by atoms with Crippen molar-refractivity contribution < 1.29 is 31.9 Å². The third kappa shape index (κ3) is 7.36. The van der Waals surface area contributed by atoms with Crippen molar-refractivity contribution in [1.82, 2.24) is 9.80 Å². The smallest absolute Gasteiger partial charge is 0.322 e. The fourth-order valence-electron chi connectivity index (χ4n) is 4.10. The minimum Gasteiger partial charge on any atom is -0.464 e. The molecule has 2 aromatic carbocycles. The van der Waals surface area contributed by atoms with Gasteiger partial charge in [-0.15, -0.1) is 0 Å². The number of nitrogens with zero attached hydrogens (tertiary/aromatic N) is 2. The Labute approximate surface area is 212 Å². The van der Waals surface area contributed by atoms with Crippen molar-refractivity contribution in [3.05, 3.63) is 89.1 Å². The van der Waals surface area contributed by atoms with E-state index in [1.807, 2.05) is 0 Å². The molecule has 1 N–H and O–H groups in total. The second-order valence-corrected chi connectivity index (χ2v) is 8.96. The van der Waals surface area contributed by atoms with Crippen LogP contribution < -0.4 is 5.32 Å². The number of carbonyl (C=O) groups excluding carboxylic acids is 2. The minimum absolute atomic E-state index is 0.116. The van der Waals surface area contributed by atoms with E-state index in [-0.39, 0.29) is 38.0 Å². The molecule has 7 nitrogen and oxygen atoms in total. The molecule has 1 unspecified atom stereocenters. The molecule has 196 valence electrons. The molecule has 1 aromatic heterocycles. The summed E-state index contributed by atoms with van der Waals surface area (Å²) in [5, 5.41) is 2.42. The Balaban J connectivity index is 1.53. The molecule has 0 spiro atoms. The Kier molecular flexibility index (Phi) is 8.50. The van der Waals surface area contributed by atoms with Crippen molar-refractivity contribution in [1.29, 1.82) is 0 Å². The van der Waals surface area contributed by atoms with Gasteiger partial charge in [0.1, 0.15) is 35.5 Å². The van der Waals surface area contributed by atoms with Gasteiger partial charge in [0, 0.05) is 25.8 Å². The highest BCUT2D eigenvalue weighted by atomic mass is 19.1. The number of carbonyl (C=O) groups is 2. The third-order valence-corrected chi connectivity index (χ3v) is 6.02. The topological polar surface area (TPSA) is 75.0 Å². The van der Waals surface area contributed by atoms with Gasteiger partial charge in [-0.3, -0.25) is 4.79 Å². The first-order chi connectivity index (χ1) is 17.8. The zero-order valence-corrected chi connectivity index (χ0v) is 20.4. The standard InChI is InChI=1S/C27H28F3N3O4/c1-18-4-10-23(37-18)16-32(14-19-5-7-20(28)8-6-19)26(34)17-33(15-22-3-2-12-36-22)27(35)31-25-11-9-21(29)13-24(25)30/h4-11,13,22H,2-3,12,14-17H2,1H3,(H,31,35). The molecule has 3 amide bonds. The molecule has 2 heterocycles. The highest BCUT2D eigenvalue weighted by Crippen LogP contribution is 2.19. The first-order valence-electron chi connectivity index (χ1n) is 12.0. The molecule has 1 aliphatic rings. The van der Waals surface area contributed by atoms with Gasteiger partial charge in [-0.25, -0.2) is 18.0 Å². The lowest BCUT2D eigenvalue weighted by Crippen LogP contribution is -2.47. The summed E-state index contributed by atoms with van der Waals surface area (Å²) in [4.78, 5) is 29.4. The number of benzene rings is 2. The van der Waals surface area contributed by atoms with E-state index >= 15 is 0 Å². The molecule has 1 saturated heterocycles. The summed E-state index contributed by atoms with van der Waals surface area (Å²) in [6.45, 7) is 2.42. The first-order valence-corrected chi connectivity index (χ1v) is 12.0. The SMILES string of the molecule is Cc1ccc(CN(Cc2ccc(F)cc2)C(=O)CN(CC2CCCO2)C(=O)Nc2ccc(F)cc2F)o1.